The van der Waals surface area contributed by atoms with Gasteiger partial charge in [-0.3, -0.25) is 9.78 Å². The van der Waals surface area contributed by atoms with Gasteiger partial charge in [-0.15, -0.1) is 0 Å². The maximum absolute atomic E-state index is 12.3. The molecule has 0 saturated heterocycles. The monoisotopic (exact) mass is 345 g/mol. The number of benzene rings is 2. The number of nitrogens with zero attached hydrogens (tertiary/aromatic N) is 1. The second-order valence-corrected chi connectivity index (χ2v) is 6.08. The van der Waals surface area contributed by atoms with Gasteiger partial charge in [0.15, 0.2) is 0 Å². The lowest BCUT2D eigenvalue weighted by Gasteiger charge is -2.09. The fourth-order valence-corrected chi connectivity index (χ4v) is 2.72. The van der Waals surface area contributed by atoms with Crippen molar-refractivity contribution < 1.29 is 4.79 Å². The molecule has 3 rings (SSSR count). The summed E-state index contributed by atoms with van der Waals surface area (Å²) in [6.45, 7) is 1.40. The number of anilines is 1. The molecule has 0 saturated carbocycles. The van der Waals surface area contributed by atoms with Crippen LogP contribution in [0.4, 0.5) is 5.69 Å². The van der Waals surface area contributed by atoms with Crippen molar-refractivity contribution in [3.63, 3.8) is 0 Å². The van der Waals surface area contributed by atoms with Gasteiger partial charge in [0, 0.05) is 25.0 Å². The molecule has 0 aliphatic heterocycles. The lowest BCUT2D eigenvalue weighted by molar-refractivity contribution is 0.0949. The Kier molecular flexibility index (Phi) is 6.37. The molecule has 0 fully saturated rings. The molecule has 26 heavy (non-hydrogen) atoms. The van der Waals surface area contributed by atoms with Crippen LogP contribution in [-0.4, -0.2) is 24.0 Å². The zero-order valence-electron chi connectivity index (χ0n) is 14.7. The molecule has 2 aromatic carbocycles. The Hall–Kier alpha value is -3.14. The summed E-state index contributed by atoms with van der Waals surface area (Å²) < 4.78 is 0. The second kappa shape index (κ2) is 9.37. The minimum Gasteiger partial charge on any atom is -0.385 e. The number of hydrogen-bond acceptors (Lipinski definition) is 3. The van der Waals surface area contributed by atoms with Gasteiger partial charge in [0.2, 0.25) is 0 Å². The lowest BCUT2D eigenvalue weighted by atomic mass is 10.1. The third-order valence-electron chi connectivity index (χ3n) is 4.12. The highest BCUT2D eigenvalue weighted by Gasteiger charge is 2.07. The van der Waals surface area contributed by atoms with Gasteiger partial charge in [-0.05, 0) is 36.1 Å². The molecule has 0 unspecified atom stereocenters. The maximum atomic E-state index is 12.3. The molecular weight excluding hydrogens is 322 g/mol. The van der Waals surface area contributed by atoms with Crippen molar-refractivity contribution in [2.75, 3.05) is 18.4 Å². The fraction of sp³-hybridized carbons (Fsp3) is 0.182. The van der Waals surface area contributed by atoms with Gasteiger partial charge in [-0.1, -0.05) is 60.7 Å². The highest BCUT2D eigenvalue weighted by atomic mass is 16.1. The lowest BCUT2D eigenvalue weighted by Crippen LogP contribution is -2.26. The molecular formula is C22H23N3O. The van der Waals surface area contributed by atoms with E-state index >= 15 is 0 Å². The summed E-state index contributed by atoms with van der Waals surface area (Å²) in [5.41, 5.74) is 3.83. The number of aromatic nitrogens is 1. The van der Waals surface area contributed by atoms with E-state index in [1.165, 1.54) is 11.1 Å². The Morgan fingerprint density at radius 3 is 2.08 bits per heavy atom. The number of rotatable bonds is 8. The number of hydrogen-bond donors (Lipinski definition) is 2. The Bertz CT molecular complexity index is 819. The van der Waals surface area contributed by atoms with Crippen molar-refractivity contribution in [3.05, 3.63) is 95.8 Å². The van der Waals surface area contributed by atoms with Crippen LogP contribution in [0.3, 0.4) is 0 Å². The van der Waals surface area contributed by atoms with E-state index in [1.54, 1.807) is 12.3 Å². The summed E-state index contributed by atoms with van der Waals surface area (Å²) in [7, 11) is 0. The molecule has 2 N–H and O–H groups in total. The van der Waals surface area contributed by atoms with Crippen LogP contribution >= 0.6 is 0 Å². The number of pyridine rings is 1. The van der Waals surface area contributed by atoms with Gasteiger partial charge in [-0.25, -0.2) is 0 Å². The molecule has 3 aromatic rings. The smallest absolute Gasteiger partial charge is 0.269 e. The van der Waals surface area contributed by atoms with Crippen LogP contribution in [0.1, 0.15) is 21.6 Å². The SMILES string of the molecule is O=C(NCCc1ccccc1)c1cc(NCCc2ccccc2)ccn1. The highest BCUT2D eigenvalue weighted by Crippen LogP contribution is 2.09. The first-order chi connectivity index (χ1) is 12.8. The predicted molar refractivity (Wildman–Crippen MR) is 105 cm³/mol. The van der Waals surface area contributed by atoms with Crippen LogP contribution in [0.25, 0.3) is 0 Å². The van der Waals surface area contributed by atoms with Gasteiger partial charge in [0.1, 0.15) is 5.69 Å². The zero-order chi connectivity index (χ0) is 18.0. The number of nitrogens with one attached hydrogen (secondary N) is 2. The van der Waals surface area contributed by atoms with E-state index in [2.05, 4.69) is 39.9 Å². The molecule has 1 amide bonds. The van der Waals surface area contributed by atoms with Crippen LogP contribution < -0.4 is 10.6 Å². The minimum absolute atomic E-state index is 0.146. The van der Waals surface area contributed by atoms with Crippen LogP contribution in [0.5, 0.6) is 0 Å². The summed E-state index contributed by atoms with van der Waals surface area (Å²) in [6, 6.07) is 24.1. The van der Waals surface area contributed by atoms with Gasteiger partial charge in [0.05, 0.1) is 0 Å². The molecule has 0 atom stereocenters. The van der Waals surface area contributed by atoms with Crippen LogP contribution in [0, 0.1) is 0 Å². The van der Waals surface area contributed by atoms with E-state index in [0.29, 0.717) is 12.2 Å². The molecule has 1 heterocycles. The first-order valence-electron chi connectivity index (χ1n) is 8.87. The van der Waals surface area contributed by atoms with Crippen LogP contribution in [0.15, 0.2) is 79.0 Å². The topological polar surface area (TPSA) is 54.0 Å². The Labute approximate surface area is 154 Å². The van der Waals surface area contributed by atoms with Gasteiger partial charge in [-0.2, -0.15) is 0 Å². The molecule has 4 heteroatoms. The minimum atomic E-state index is -0.146. The molecule has 1 aromatic heterocycles. The van der Waals surface area contributed by atoms with Gasteiger partial charge >= 0.3 is 0 Å². The third kappa shape index (κ3) is 5.45. The molecule has 0 aliphatic carbocycles. The van der Waals surface area contributed by atoms with Crippen molar-refractivity contribution in [2.45, 2.75) is 12.8 Å². The summed E-state index contributed by atoms with van der Waals surface area (Å²) in [6.07, 6.45) is 3.40. The van der Waals surface area contributed by atoms with Crippen molar-refractivity contribution in [1.29, 1.82) is 0 Å². The number of carbonyl (C=O) groups is 1. The van der Waals surface area contributed by atoms with Crippen molar-refractivity contribution >= 4 is 11.6 Å². The van der Waals surface area contributed by atoms with Gasteiger partial charge in [0.25, 0.3) is 5.91 Å². The number of carbonyl (C=O) groups excluding carboxylic acids is 1. The second-order valence-electron chi connectivity index (χ2n) is 6.08. The highest BCUT2D eigenvalue weighted by molar-refractivity contribution is 5.93. The Morgan fingerprint density at radius 2 is 1.42 bits per heavy atom. The molecule has 4 nitrogen and oxygen atoms in total. The van der Waals surface area contributed by atoms with E-state index in [4.69, 9.17) is 0 Å². The Morgan fingerprint density at radius 1 is 0.808 bits per heavy atom. The quantitative estimate of drug-likeness (QED) is 0.654. The third-order valence-corrected chi connectivity index (χ3v) is 4.12. The maximum Gasteiger partial charge on any atom is 0.269 e. The van der Waals surface area contributed by atoms with Crippen LogP contribution in [0.2, 0.25) is 0 Å². The summed E-state index contributed by atoms with van der Waals surface area (Å²) in [4.78, 5) is 16.5. The molecule has 0 aliphatic rings. The predicted octanol–water partition coefficient (Wildman–Crippen LogP) is 3.71. The van der Waals surface area contributed by atoms with E-state index < -0.39 is 0 Å². The van der Waals surface area contributed by atoms with E-state index in [0.717, 1.165) is 25.1 Å². The van der Waals surface area contributed by atoms with E-state index in [-0.39, 0.29) is 5.91 Å². The normalized spacial score (nSPS) is 10.3. The molecule has 0 spiro atoms. The first-order valence-corrected chi connectivity index (χ1v) is 8.87. The molecule has 0 radical (unpaired) electrons. The van der Waals surface area contributed by atoms with Crippen molar-refractivity contribution in [2.24, 2.45) is 0 Å². The zero-order valence-corrected chi connectivity index (χ0v) is 14.7. The number of amides is 1. The standard InChI is InChI=1S/C22H23N3O/c26-22(25-15-12-19-9-5-2-6-10-19)21-17-20(13-16-24-21)23-14-11-18-7-3-1-4-8-18/h1-10,13,16-17H,11-12,14-15H2,(H,23,24)(H,25,26). The van der Waals surface area contributed by atoms with E-state index in [9.17, 15) is 4.79 Å². The van der Waals surface area contributed by atoms with Crippen molar-refractivity contribution in [3.8, 4) is 0 Å². The Balaban J connectivity index is 1.47. The van der Waals surface area contributed by atoms with Crippen LogP contribution in [-0.2, 0) is 12.8 Å². The molecule has 0 bridgehead atoms. The average molecular weight is 345 g/mol. The summed E-state index contributed by atoms with van der Waals surface area (Å²) >= 11 is 0. The summed E-state index contributed by atoms with van der Waals surface area (Å²) in [5, 5.41) is 6.28. The largest absolute Gasteiger partial charge is 0.385 e. The first kappa shape index (κ1) is 17.7. The van der Waals surface area contributed by atoms with Gasteiger partial charge < -0.3 is 10.6 Å². The molecule has 132 valence electrons. The average Bonchev–Trinajstić information content (AvgIpc) is 2.70. The van der Waals surface area contributed by atoms with E-state index in [1.807, 2.05) is 42.5 Å². The summed E-state index contributed by atoms with van der Waals surface area (Å²) in [5.74, 6) is -0.146. The fourth-order valence-electron chi connectivity index (χ4n) is 2.72. The van der Waals surface area contributed by atoms with Crippen molar-refractivity contribution in [1.82, 2.24) is 10.3 Å².